The van der Waals surface area contributed by atoms with Crippen molar-refractivity contribution in [2.45, 2.75) is 71.8 Å². The van der Waals surface area contributed by atoms with E-state index in [0.29, 0.717) is 23.5 Å². The Morgan fingerprint density at radius 2 is 1.96 bits per heavy atom. The molecule has 2 nitrogen and oxygen atoms in total. The molecule has 2 heteroatoms. The van der Waals surface area contributed by atoms with E-state index in [4.69, 9.17) is 0 Å². The van der Waals surface area contributed by atoms with Crippen molar-refractivity contribution < 1.29 is 9.90 Å². The van der Waals surface area contributed by atoms with Gasteiger partial charge in [-0.3, -0.25) is 4.79 Å². The number of carbonyl (C=O) groups is 1. The van der Waals surface area contributed by atoms with E-state index in [0.717, 1.165) is 18.8 Å². The lowest BCUT2D eigenvalue weighted by Gasteiger charge is -2.61. The average molecular weight is 328 g/mol. The third-order valence-corrected chi connectivity index (χ3v) is 9.83. The maximum absolute atomic E-state index is 12.2. The van der Waals surface area contributed by atoms with Crippen LogP contribution in [0.15, 0.2) is 12.2 Å². The Labute approximate surface area is 146 Å². The Hall–Kier alpha value is -0.630. The molecule has 5 aliphatic carbocycles. The van der Waals surface area contributed by atoms with Crippen LogP contribution in [-0.2, 0) is 4.79 Å². The zero-order chi connectivity index (χ0) is 16.9. The van der Waals surface area contributed by atoms with Gasteiger partial charge >= 0.3 is 0 Å². The summed E-state index contributed by atoms with van der Waals surface area (Å²) >= 11 is 0. The molecule has 0 aliphatic heterocycles. The lowest BCUT2D eigenvalue weighted by molar-refractivity contribution is -0.148. The van der Waals surface area contributed by atoms with Gasteiger partial charge in [0.2, 0.25) is 0 Å². The number of carbonyl (C=O) groups excluding carboxylic acids is 1. The van der Waals surface area contributed by atoms with Crippen LogP contribution in [0.25, 0.3) is 0 Å². The second kappa shape index (κ2) is 4.55. The van der Waals surface area contributed by atoms with Crippen molar-refractivity contribution in [1.82, 2.24) is 0 Å². The van der Waals surface area contributed by atoms with E-state index in [2.05, 4.69) is 26.0 Å². The minimum atomic E-state index is -0.127. The first-order valence-electron chi connectivity index (χ1n) is 10.2. The van der Waals surface area contributed by atoms with E-state index in [1.807, 2.05) is 0 Å². The molecule has 0 amide bonds. The van der Waals surface area contributed by atoms with Crippen molar-refractivity contribution in [2.75, 3.05) is 0 Å². The van der Waals surface area contributed by atoms with Crippen LogP contribution < -0.4 is 0 Å². The summed E-state index contributed by atoms with van der Waals surface area (Å²) < 4.78 is 0. The van der Waals surface area contributed by atoms with Crippen molar-refractivity contribution in [3.05, 3.63) is 12.2 Å². The Morgan fingerprint density at radius 3 is 2.71 bits per heavy atom. The van der Waals surface area contributed by atoms with Gasteiger partial charge in [-0.25, -0.2) is 0 Å². The molecule has 132 valence electrons. The van der Waals surface area contributed by atoms with Gasteiger partial charge in [0.25, 0.3) is 0 Å². The van der Waals surface area contributed by atoms with Crippen molar-refractivity contribution >= 4 is 5.78 Å². The normalized spacial score (nSPS) is 60.7. The minimum Gasteiger partial charge on any atom is -0.392 e. The van der Waals surface area contributed by atoms with Gasteiger partial charge in [-0.1, -0.05) is 26.0 Å². The highest BCUT2D eigenvalue weighted by atomic mass is 16.3. The highest BCUT2D eigenvalue weighted by Crippen LogP contribution is 2.78. The minimum absolute atomic E-state index is 0.127. The van der Waals surface area contributed by atoms with E-state index in [-0.39, 0.29) is 28.3 Å². The highest BCUT2D eigenvalue weighted by molar-refractivity contribution is 5.79. The smallest absolute Gasteiger partial charge is 0.133 e. The molecule has 1 N–H and O–H groups in total. The number of ketones is 1. The van der Waals surface area contributed by atoms with Crippen LogP contribution in [0.1, 0.15) is 65.7 Å². The van der Waals surface area contributed by atoms with Crippen LogP contribution in [0.3, 0.4) is 0 Å². The zero-order valence-corrected chi connectivity index (χ0v) is 15.4. The summed E-state index contributed by atoms with van der Waals surface area (Å²) in [6.45, 7) is 6.65. The standard InChI is InChI=1S/C22H32O2/c1-13(23)16-6-7-17-15-11-19(24)22-12-14(22)5-4-9-21(22,3)18(15)8-10-20(16,17)2/h4,9,14-19,24H,5-8,10-12H2,1-3H3/t14-,15-,16+,17-,18-,19+,20+,21+,22+/m0/s1. The predicted octanol–water partition coefficient (Wildman–Crippen LogP) is 4.37. The van der Waals surface area contributed by atoms with Crippen LogP contribution in [-0.4, -0.2) is 17.0 Å². The summed E-state index contributed by atoms with van der Waals surface area (Å²) in [4.78, 5) is 12.2. The first-order valence-corrected chi connectivity index (χ1v) is 10.2. The highest BCUT2D eigenvalue weighted by Gasteiger charge is 2.74. The number of allylic oxidation sites excluding steroid dienone is 2. The van der Waals surface area contributed by atoms with Gasteiger partial charge in [0, 0.05) is 11.3 Å². The number of rotatable bonds is 1. The molecule has 4 fully saturated rings. The summed E-state index contributed by atoms with van der Waals surface area (Å²) in [5, 5.41) is 11.2. The van der Waals surface area contributed by atoms with E-state index >= 15 is 0 Å². The Balaban J connectivity index is 1.54. The van der Waals surface area contributed by atoms with Crippen LogP contribution in [0.4, 0.5) is 0 Å². The number of aliphatic hydroxyl groups is 1. The van der Waals surface area contributed by atoms with Gasteiger partial charge in [-0.05, 0) is 86.4 Å². The molecule has 0 unspecified atom stereocenters. The first kappa shape index (κ1) is 15.6. The molecule has 5 rings (SSSR count). The van der Waals surface area contributed by atoms with E-state index in [9.17, 15) is 9.90 Å². The lowest BCUT2D eigenvalue weighted by atomic mass is 9.44. The lowest BCUT2D eigenvalue weighted by Crippen LogP contribution is -2.58. The number of Topliss-reactive ketones (excluding diaryl/α,β-unsaturated/α-hetero) is 1. The van der Waals surface area contributed by atoms with Gasteiger partial charge in [-0.2, -0.15) is 0 Å². The molecule has 0 aromatic carbocycles. The summed E-state index contributed by atoms with van der Waals surface area (Å²) in [6.07, 6.45) is 12.9. The van der Waals surface area contributed by atoms with Crippen LogP contribution in [0.5, 0.6) is 0 Å². The SMILES string of the molecule is CC(=O)[C@H]1CC[C@H]2[C@@H]3C[C@@H](O)[C@@]45C[C@@H]4CC=C[C@]5(C)[C@H]3CC[C@]12C. The second-order valence-corrected chi connectivity index (χ2v) is 10.3. The van der Waals surface area contributed by atoms with Crippen LogP contribution in [0, 0.1) is 45.8 Å². The summed E-state index contributed by atoms with van der Waals surface area (Å²) in [5.74, 6) is 3.36. The number of fused-ring (bicyclic) bond motifs is 4. The third-order valence-electron chi connectivity index (χ3n) is 9.83. The fraction of sp³-hybridized carbons (Fsp3) is 0.864. The van der Waals surface area contributed by atoms with E-state index < -0.39 is 0 Å². The van der Waals surface area contributed by atoms with Crippen molar-refractivity contribution in [3.8, 4) is 0 Å². The topological polar surface area (TPSA) is 37.3 Å². The van der Waals surface area contributed by atoms with Crippen LogP contribution >= 0.6 is 0 Å². The number of aliphatic hydroxyl groups excluding tert-OH is 1. The molecule has 0 heterocycles. The second-order valence-electron chi connectivity index (χ2n) is 10.3. The predicted molar refractivity (Wildman–Crippen MR) is 94.2 cm³/mol. The number of hydrogen-bond donors (Lipinski definition) is 1. The molecule has 9 atom stereocenters. The van der Waals surface area contributed by atoms with Gasteiger partial charge in [0.05, 0.1) is 6.10 Å². The van der Waals surface area contributed by atoms with Gasteiger partial charge in [0.1, 0.15) is 5.78 Å². The fourth-order valence-corrected chi connectivity index (χ4v) is 8.67. The molecular formula is C22H32O2. The number of hydrogen-bond acceptors (Lipinski definition) is 2. The van der Waals surface area contributed by atoms with E-state index in [1.165, 1.54) is 32.1 Å². The largest absolute Gasteiger partial charge is 0.392 e. The molecule has 5 aliphatic rings. The quantitative estimate of drug-likeness (QED) is 0.726. The average Bonchev–Trinajstić information content (AvgIpc) is 3.16. The Kier molecular flexibility index (Phi) is 2.96. The molecule has 0 aromatic rings. The molecular weight excluding hydrogens is 296 g/mol. The maximum Gasteiger partial charge on any atom is 0.133 e. The van der Waals surface area contributed by atoms with E-state index in [1.54, 1.807) is 6.92 Å². The van der Waals surface area contributed by atoms with Crippen molar-refractivity contribution in [3.63, 3.8) is 0 Å². The monoisotopic (exact) mass is 328 g/mol. The molecule has 4 saturated carbocycles. The molecule has 0 radical (unpaired) electrons. The summed E-state index contributed by atoms with van der Waals surface area (Å²) in [7, 11) is 0. The van der Waals surface area contributed by atoms with Gasteiger partial charge in [0.15, 0.2) is 0 Å². The Bertz CT molecular complexity index is 623. The van der Waals surface area contributed by atoms with Gasteiger partial charge < -0.3 is 5.11 Å². The zero-order valence-electron chi connectivity index (χ0n) is 15.4. The Morgan fingerprint density at radius 1 is 1.17 bits per heavy atom. The molecule has 1 spiro atoms. The summed E-state index contributed by atoms with van der Waals surface area (Å²) in [5.41, 5.74) is 0.568. The maximum atomic E-state index is 12.2. The van der Waals surface area contributed by atoms with Crippen LogP contribution in [0.2, 0.25) is 0 Å². The third kappa shape index (κ3) is 1.56. The molecule has 0 saturated heterocycles. The summed E-state index contributed by atoms with van der Waals surface area (Å²) in [6, 6.07) is 0. The molecule has 24 heavy (non-hydrogen) atoms. The van der Waals surface area contributed by atoms with Crippen molar-refractivity contribution in [2.24, 2.45) is 45.8 Å². The molecule has 0 bridgehead atoms. The molecule has 0 aromatic heterocycles. The first-order chi connectivity index (χ1) is 11.3. The van der Waals surface area contributed by atoms with Crippen molar-refractivity contribution in [1.29, 1.82) is 0 Å². The van der Waals surface area contributed by atoms with Gasteiger partial charge in [-0.15, -0.1) is 0 Å². The fourth-order valence-electron chi connectivity index (χ4n) is 8.67.